The number of fused-ring (bicyclic) bond motifs is 1. The molecule has 1 N–H and O–H groups in total. The summed E-state index contributed by atoms with van der Waals surface area (Å²) in [7, 11) is 0. The Morgan fingerprint density at radius 2 is 1.86 bits per heavy atom. The molecule has 7 heteroatoms. The largest absolute Gasteiger partial charge is 0.548 e. The van der Waals surface area contributed by atoms with Gasteiger partial charge in [0, 0.05) is 16.5 Å². The monoisotopic (exact) mass is 388 g/mol. The van der Waals surface area contributed by atoms with Gasteiger partial charge < -0.3 is 24.4 Å². The molecule has 0 aliphatic rings. The number of unbranched alkanes of at least 4 members (excludes halogenated alkanes) is 1. The lowest BCUT2D eigenvalue weighted by molar-refractivity contribution is -0.308. The van der Waals surface area contributed by atoms with Crippen molar-refractivity contribution in [3.63, 3.8) is 0 Å². The smallest absolute Gasteiger partial charge is 0.339 e. The van der Waals surface area contributed by atoms with Gasteiger partial charge in [-0.2, -0.15) is 0 Å². The number of aliphatic carboxylic acids is 1. The molecule has 1 aromatic carbocycles. The van der Waals surface area contributed by atoms with E-state index in [2.05, 4.69) is 5.32 Å². The Labute approximate surface area is 163 Å². The zero-order valence-corrected chi connectivity index (χ0v) is 16.9. The maximum Gasteiger partial charge on any atom is 0.339 e. The Morgan fingerprint density at radius 3 is 2.46 bits per heavy atom. The molecular formula is C21H26NO6-. The third kappa shape index (κ3) is 4.52. The van der Waals surface area contributed by atoms with Crippen molar-refractivity contribution >= 4 is 22.8 Å². The Bertz CT molecular complexity index is 946. The quantitative estimate of drug-likeness (QED) is 0.692. The molecular weight excluding hydrogens is 362 g/mol. The third-order valence-corrected chi connectivity index (χ3v) is 4.94. The zero-order chi connectivity index (χ0) is 21.0. The van der Waals surface area contributed by atoms with Crippen LogP contribution in [-0.2, 0) is 9.59 Å². The molecule has 2 aromatic rings. The number of carboxylic acid groups (broad SMARTS) is 1. The van der Waals surface area contributed by atoms with E-state index < -0.39 is 29.6 Å². The predicted octanol–water partition coefficient (Wildman–Crippen LogP) is 1.91. The Kier molecular flexibility index (Phi) is 6.83. The van der Waals surface area contributed by atoms with Crippen LogP contribution >= 0.6 is 0 Å². The minimum atomic E-state index is -1.32. The molecule has 2 atom stereocenters. The van der Waals surface area contributed by atoms with Crippen molar-refractivity contribution in [3.05, 3.63) is 39.2 Å². The summed E-state index contributed by atoms with van der Waals surface area (Å²) >= 11 is 0. The molecule has 1 heterocycles. The SMILES string of the molecule is CCCC[C@@H](NC(=O)[C@H](C)Oc1ccc2c(C)c(C)c(=O)oc2c1C)C(=O)[O-]. The van der Waals surface area contributed by atoms with Gasteiger partial charge in [0.2, 0.25) is 0 Å². The minimum Gasteiger partial charge on any atom is -0.548 e. The normalized spacial score (nSPS) is 13.2. The lowest BCUT2D eigenvalue weighted by Gasteiger charge is -2.23. The second-order valence-electron chi connectivity index (χ2n) is 6.99. The first-order valence-electron chi connectivity index (χ1n) is 9.38. The summed E-state index contributed by atoms with van der Waals surface area (Å²) in [6.07, 6.45) is 0.843. The highest BCUT2D eigenvalue weighted by Gasteiger charge is 2.21. The van der Waals surface area contributed by atoms with Crippen LogP contribution in [0.3, 0.4) is 0 Å². The second kappa shape index (κ2) is 8.91. The van der Waals surface area contributed by atoms with Gasteiger partial charge in [-0.25, -0.2) is 4.79 Å². The molecule has 0 aliphatic carbocycles. The fourth-order valence-electron chi connectivity index (χ4n) is 2.94. The highest BCUT2D eigenvalue weighted by atomic mass is 16.5. The van der Waals surface area contributed by atoms with E-state index in [0.29, 0.717) is 35.3 Å². The molecule has 1 aromatic heterocycles. The predicted molar refractivity (Wildman–Crippen MR) is 103 cm³/mol. The Morgan fingerprint density at radius 1 is 1.18 bits per heavy atom. The molecule has 1 amide bonds. The molecule has 28 heavy (non-hydrogen) atoms. The Hall–Kier alpha value is -2.83. The molecule has 0 saturated heterocycles. The summed E-state index contributed by atoms with van der Waals surface area (Å²) in [6.45, 7) is 8.76. The first-order chi connectivity index (χ1) is 13.2. The van der Waals surface area contributed by atoms with E-state index >= 15 is 0 Å². The van der Waals surface area contributed by atoms with Crippen LogP contribution in [0.2, 0.25) is 0 Å². The summed E-state index contributed by atoms with van der Waals surface area (Å²) in [5, 5.41) is 14.5. The molecule has 2 rings (SSSR count). The maximum atomic E-state index is 12.4. The van der Waals surface area contributed by atoms with Gasteiger partial charge in [0.25, 0.3) is 5.91 Å². The first kappa shape index (κ1) is 21.5. The van der Waals surface area contributed by atoms with Crippen LogP contribution in [-0.4, -0.2) is 24.0 Å². The van der Waals surface area contributed by atoms with Crippen molar-refractivity contribution in [2.45, 2.75) is 66.0 Å². The standard InChI is InChI=1S/C21H27NO6/c1-6-7-8-16(20(24)25)22-19(23)14(5)27-17-10-9-15-11(2)12(3)21(26)28-18(15)13(17)4/h9-10,14,16H,6-8H2,1-5H3,(H,22,23)(H,24,25)/p-1/t14-,16+/m0/s1. The van der Waals surface area contributed by atoms with E-state index in [9.17, 15) is 19.5 Å². The molecule has 0 saturated carbocycles. The number of aryl methyl sites for hydroxylation is 2. The van der Waals surface area contributed by atoms with Gasteiger partial charge >= 0.3 is 5.63 Å². The van der Waals surface area contributed by atoms with Crippen LogP contribution < -0.4 is 20.8 Å². The van der Waals surface area contributed by atoms with Crippen molar-refractivity contribution < 1.29 is 23.8 Å². The molecule has 7 nitrogen and oxygen atoms in total. The lowest BCUT2D eigenvalue weighted by Crippen LogP contribution is -2.51. The number of ether oxygens (including phenoxy) is 1. The second-order valence-corrected chi connectivity index (χ2v) is 6.99. The average molecular weight is 388 g/mol. The Balaban J connectivity index is 2.22. The van der Waals surface area contributed by atoms with Crippen LogP contribution in [0, 0.1) is 20.8 Å². The van der Waals surface area contributed by atoms with Gasteiger partial charge in [0.1, 0.15) is 11.3 Å². The zero-order valence-electron chi connectivity index (χ0n) is 16.9. The highest BCUT2D eigenvalue weighted by molar-refractivity contribution is 5.87. The molecule has 152 valence electrons. The summed E-state index contributed by atoms with van der Waals surface area (Å²) in [6, 6.07) is 2.43. The van der Waals surface area contributed by atoms with Gasteiger partial charge in [-0.1, -0.05) is 19.8 Å². The number of hydrogen-bond acceptors (Lipinski definition) is 6. The summed E-state index contributed by atoms with van der Waals surface area (Å²) in [4.78, 5) is 35.5. The molecule has 0 spiro atoms. The maximum absolute atomic E-state index is 12.4. The molecule has 0 radical (unpaired) electrons. The molecule has 0 unspecified atom stereocenters. The lowest BCUT2D eigenvalue weighted by atomic mass is 10.0. The van der Waals surface area contributed by atoms with Crippen molar-refractivity contribution in [1.82, 2.24) is 5.32 Å². The fraction of sp³-hybridized carbons (Fsp3) is 0.476. The van der Waals surface area contributed by atoms with E-state index in [1.165, 1.54) is 6.92 Å². The van der Waals surface area contributed by atoms with Crippen molar-refractivity contribution in [2.24, 2.45) is 0 Å². The number of carbonyl (C=O) groups excluding carboxylic acids is 2. The van der Waals surface area contributed by atoms with Crippen LogP contribution in [0.5, 0.6) is 5.75 Å². The van der Waals surface area contributed by atoms with Gasteiger partial charge in [0.05, 0.1) is 12.0 Å². The fourth-order valence-corrected chi connectivity index (χ4v) is 2.94. The van der Waals surface area contributed by atoms with E-state index in [1.54, 1.807) is 26.0 Å². The number of benzene rings is 1. The van der Waals surface area contributed by atoms with Crippen molar-refractivity contribution in [1.29, 1.82) is 0 Å². The van der Waals surface area contributed by atoms with E-state index in [0.717, 1.165) is 17.4 Å². The number of nitrogens with one attached hydrogen (secondary N) is 1. The minimum absolute atomic E-state index is 0.302. The molecule has 0 aliphatic heterocycles. The number of rotatable bonds is 8. The number of carbonyl (C=O) groups is 2. The summed E-state index contributed by atoms with van der Waals surface area (Å²) < 4.78 is 11.1. The van der Waals surface area contributed by atoms with Crippen molar-refractivity contribution in [3.8, 4) is 5.75 Å². The van der Waals surface area contributed by atoms with Crippen LogP contribution in [0.15, 0.2) is 21.3 Å². The highest BCUT2D eigenvalue weighted by Crippen LogP contribution is 2.29. The van der Waals surface area contributed by atoms with E-state index in [4.69, 9.17) is 9.15 Å². The summed E-state index contributed by atoms with van der Waals surface area (Å²) in [5.41, 5.74) is 1.98. The molecule has 0 fully saturated rings. The number of amides is 1. The number of hydrogen-bond donors (Lipinski definition) is 1. The summed E-state index contributed by atoms with van der Waals surface area (Å²) in [5.74, 6) is -1.48. The topological polar surface area (TPSA) is 109 Å². The van der Waals surface area contributed by atoms with Gasteiger partial charge in [-0.3, -0.25) is 4.79 Å². The molecule has 0 bridgehead atoms. The number of carboxylic acids is 1. The van der Waals surface area contributed by atoms with Crippen molar-refractivity contribution in [2.75, 3.05) is 0 Å². The van der Waals surface area contributed by atoms with Gasteiger partial charge in [-0.05, 0) is 51.8 Å². The van der Waals surface area contributed by atoms with E-state index in [1.807, 2.05) is 13.8 Å². The van der Waals surface area contributed by atoms with Gasteiger partial charge in [-0.15, -0.1) is 0 Å². The van der Waals surface area contributed by atoms with Gasteiger partial charge in [0.15, 0.2) is 6.10 Å². The third-order valence-electron chi connectivity index (χ3n) is 4.94. The first-order valence-corrected chi connectivity index (χ1v) is 9.38. The van der Waals surface area contributed by atoms with E-state index in [-0.39, 0.29) is 0 Å². The van der Waals surface area contributed by atoms with Crippen LogP contribution in [0.4, 0.5) is 0 Å². The van der Waals surface area contributed by atoms with Crippen LogP contribution in [0.25, 0.3) is 11.0 Å². The van der Waals surface area contributed by atoms with Crippen LogP contribution in [0.1, 0.15) is 49.8 Å². The average Bonchev–Trinajstić information content (AvgIpc) is 2.65.